The van der Waals surface area contributed by atoms with Crippen LogP contribution in [0.4, 0.5) is 0 Å². The average Bonchev–Trinajstić information content (AvgIpc) is 2.41. The smallest absolute Gasteiger partial charge is 0.158 e. The average molecular weight is 311 g/mol. The molecule has 1 heterocycles. The lowest BCUT2D eigenvalue weighted by Gasteiger charge is -2.08. The van der Waals surface area contributed by atoms with Crippen LogP contribution in [0.3, 0.4) is 0 Å². The van der Waals surface area contributed by atoms with Crippen LogP contribution in [0.2, 0.25) is 5.02 Å². The predicted molar refractivity (Wildman–Crippen MR) is 79.9 cm³/mol. The highest BCUT2D eigenvalue weighted by atomic mass is 35.5. The van der Waals surface area contributed by atoms with E-state index in [0.29, 0.717) is 21.8 Å². The summed E-state index contributed by atoms with van der Waals surface area (Å²) in [6, 6.07) is 10.3. The van der Waals surface area contributed by atoms with E-state index in [2.05, 4.69) is 4.98 Å². The second kappa shape index (κ2) is 6.35. The number of sulfone groups is 1. The quantitative estimate of drug-likeness (QED) is 0.919. The van der Waals surface area contributed by atoms with Gasteiger partial charge in [-0.15, -0.1) is 0 Å². The summed E-state index contributed by atoms with van der Waals surface area (Å²) in [5.74, 6) is -0.0843. The van der Waals surface area contributed by atoms with Crippen LogP contribution in [0.5, 0.6) is 0 Å². The summed E-state index contributed by atoms with van der Waals surface area (Å²) in [6.07, 6.45) is 1.61. The lowest BCUT2D eigenvalue weighted by atomic mass is 10.2. The van der Waals surface area contributed by atoms with Gasteiger partial charge in [0.25, 0.3) is 0 Å². The molecule has 0 aliphatic heterocycles. The molecule has 20 heavy (non-hydrogen) atoms. The SMILES string of the molecule is NCc1ncccc1CS(=O)(=O)Cc1ccc(Cl)cc1. The standard InChI is InChI=1S/C14H15ClN2O2S/c15-13-5-3-11(4-6-13)9-20(18,19)10-12-2-1-7-17-14(12)8-16/h1-7H,8-10,16H2. The van der Waals surface area contributed by atoms with Gasteiger partial charge in [0.1, 0.15) is 0 Å². The van der Waals surface area contributed by atoms with Gasteiger partial charge in [-0.3, -0.25) is 4.98 Å². The number of pyridine rings is 1. The Balaban J connectivity index is 2.17. The van der Waals surface area contributed by atoms with Crippen LogP contribution in [-0.4, -0.2) is 13.4 Å². The molecule has 1 aromatic heterocycles. The first-order valence-electron chi connectivity index (χ1n) is 6.08. The van der Waals surface area contributed by atoms with Gasteiger partial charge >= 0.3 is 0 Å². The molecule has 0 aliphatic carbocycles. The first-order valence-corrected chi connectivity index (χ1v) is 8.28. The molecule has 106 valence electrons. The summed E-state index contributed by atoms with van der Waals surface area (Å²) >= 11 is 5.78. The van der Waals surface area contributed by atoms with Crippen LogP contribution < -0.4 is 5.73 Å². The van der Waals surface area contributed by atoms with Gasteiger partial charge < -0.3 is 5.73 Å². The molecule has 6 heteroatoms. The van der Waals surface area contributed by atoms with Gasteiger partial charge in [0.05, 0.1) is 17.2 Å². The Morgan fingerprint density at radius 3 is 2.45 bits per heavy atom. The Kier molecular flexibility index (Phi) is 4.75. The van der Waals surface area contributed by atoms with Crippen LogP contribution in [-0.2, 0) is 27.9 Å². The molecule has 0 saturated heterocycles. The van der Waals surface area contributed by atoms with E-state index in [4.69, 9.17) is 17.3 Å². The van der Waals surface area contributed by atoms with Gasteiger partial charge in [-0.2, -0.15) is 0 Å². The fourth-order valence-corrected chi connectivity index (χ4v) is 3.57. The molecule has 2 N–H and O–H groups in total. The number of benzene rings is 1. The molecule has 0 fully saturated rings. The van der Waals surface area contributed by atoms with Crippen molar-refractivity contribution in [1.82, 2.24) is 4.98 Å². The molecular weight excluding hydrogens is 296 g/mol. The molecular formula is C14H15ClN2O2S. The zero-order valence-corrected chi connectivity index (χ0v) is 12.4. The first kappa shape index (κ1) is 15.0. The van der Waals surface area contributed by atoms with Crippen LogP contribution >= 0.6 is 11.6 Å². The van der Waals surface area contributed by atoms with E-state index in [0.717, 1.165) is 0 Å². The molecule has 0 atom stereocenters. The maximum atomic E-state index is 12.2. The van der Waals surface area contributed by atoms with E-state index < -0.39 is 9.84 Å². The minimum atomic E-state index is -3.27. The Hall–Kier alpha value is -1.43. The molecule has 0 spiro atoms. The Labute approximate surface area is 123 Å². The summed E-state index contributed by atoms with van der Waals surface area (Å²) in [4.78, 5) is 4.09. The molecule has 2 aromatic rings. The van der Waals surface area contributed by atoms with Crippen molar-refractivity contribution in [2.75, 3.05) is 0 Å². The summed E-state index contributed by atoms with van der Waals surface area (Å²) in [5, 5.41) is 0.587. The summed E-state index contributed by atoms with van der Waals surface area (Å²) in [5.41, 5.74) is 7.56. The topological polar surface area (TPSA) is 73.0 Å². The Morgan fingerprint density at radius 1 is 1.10 bits per heavy atom. The van der Waals surface area contributed by atoms with E-state index in [1.54, 1.807) is 42.6 Å². The maximum absolute atomic E-state index is 12.2. The van der Waals surface area contributed by atoms with Crippen molar-refractivity contribution in [2.45, 2.75) is 18.1 Å². The van der Waals surface area contributed by atoms with Crippen molar-refractivity contribution in [3.63, 3.8) is 0 Å². The Morgan fingerprint density at radius 2 is 1.80 bits per heavy atom. The molecule has 0 saturated carbocycles. The molecule has 0 aliphatic rings. The van der Waals surface area contributed by atoms with Crippen LogP contribution in [0.1, 0.15) is 16.8 Å². The summed E-state index contributed by atoms with van der Waals surface area (Å²) in [7, 11) is -3.27. The van der Waals surface area contributed by atoms with E-state index in [1.165, 1.54) is 0 Å². The van der Waals surface area contributed by atoms with Gasteiger partial charge in [0.2, 0.25) is 0 Å². The number of halogens is 1. The van der Waals surface area contributed by atoms with Crippen LogP contribution in [0.15, 0.2) is 42.6 Å². The first-order chi connectivity index (χ1) is 9.50. The van der Waals surface area contributed by atoms with Crippen molar-refractivity contribution >= 4 is 21.4 Å². The van der Waals surface area contributed by atoms with Gasteiger partial charge in [-0.1, -0.05) is 29.8 Å². The fourth-order valence-electron chi connectivity index (χ4n) is 1.91. The summed E-state index contributed by atoms with van der Waals surface area (Å²) in [6.45, 7) is 0.229. The van der Waals surface area contributed by atoms with Crippen molar-refractivity contribution in [3.05, 3.63) is 64.4 Å². The molecule has 0 amide bonds. The normalized spacial score (nSPS) is 11.5. The van der Waals surface area contributed by atoms with E-state index in [9.17, 15) is 8.42 Å². The third-order valence-electron chi connectivity index (χ3n) is 2.85. The van der Waals surface area contributed by atoms with E-state index in [-0.39, 0.29) is 18.1 Å². The largest absolute Gasteiger partial charge is 0.325 e. The number of rotatable bonds is 5. The van der Waals surface area contributed by atoms with Gasteiger partial charge in [0.15, 0.2) is 9.84 Å². The third-order valence-corrected chi connectivity index (χ3v) is 4.63. The van der Waals surface area contributed by atoms with Crippen molar-refractivity contribution in [1.29, 1.82) is 0 Å². The highest BCUT2D eigenvalue weighted by molar-refractivity contribution is 7.89. The molecule has 0 radical (unpaired) electrons. The minimum absolute atomic E-state index is 0.0247. The van der Waals surface area contributed by atoms with Crippen molar-refractivity contribution < 1.29 is 8.42 Å². The van der Waals surface area contributed by atoms with E-state index in [1.807, 2.05) is 0 Å². The highest BCUT2D eigenvalue weighted by Crippen LogP contribution is 2.16. The van der Waals surface area contributed by atoms with Crippen LogP contribution in [0.25, 0.3) is 0 Å². The lowest BCUT2D eigenvalue weighted by Crippen LogP contribution is -2.11. The van der Waals surface area contributed by atoms with Crippen molar-refractivity contribution in [3.8, 4) is 0 Å². The lowest BCUT2D eigenvalue weighted by molar-refractivity contribution is 0.594. The van der Waals surface area contributed by atoms with Gasteiger partial charge in [-0.25, -0.2) is 8.42 Å². The molecule has 0 unspecified atom stereocenters. The molecule has 1 aromatic carbocycles. The second-order valence-corrected chi connectivity index (χ2v) is 6.97. The van der Waals surface area contributed by atoms with Crippen LogP contribution in [0, 0.1) is 0 Å². The second-order valence-electron chi connectivity index (χ2n) is 4.47. The summed E-state index contributed by atoms with van der Waals surface area (Å²) < 4.78 is 24.4. The predicted octanol–water partition coefficient (Wildman–Crippen LogP) is 2.31. The number of nitrogens with zero attached hydrogens (tertiary/aromatic N) is 1. The molecule has 4 nitrogen and oxygen atoms in total. The fraction of sp³-hybridized carbons (Fsp3) is 0.214. The van der Waals surface area contributed by atoms with Crippen molar-refractivity contribution in [2.24, 2.45) is 5.73 Å². The van der Waals surface area contributed by atoms with E-state index >= 15 is 0 Å². The zero-order chi connectivity index (χ0) is 14.6. The molecule has 2 rings (SSSR count). The van der Waals surface area contributed by atoms with Gasteiger partial charge in [-0.05, 0) is 29.3 Å². The Bertz CT molecular complexity index is 685. The third kappa shape index (κ3) is 4.03. The maximum Gasteiger partial charge on any atom is 0.158 e. The number of nitrogens with two attached hydrogens (primary N) is 1. The molecule has 0 bridgehead atoms. The minimum Gasteiger partial charge on any atom is -0.325 e. The zero-order valence-electron chi connectivity index (χ0n) is 10.8. The highest BCUT2D eigenvalue weighted by Gasteiger charge is 2.15. The monoisotopic (exact) mass is 310 g/mol. The number of hydrogen-bond donors (Lipinski definition) is 1. The van der Waals surface area contributed by atoms with Gasteiger partial charge in [0, 0.05) is 17.8 Å². The number of hydrogen-bond acceptors (Lipinski definition) is 4. The number of aromatic nitrogens is 1.